The number of ether oxygens (including phenoxy) is 3. The first-order valence-corrected chi connectivity index (χ1v) is 10.8. The third-order valence-electron chi connectivity index (χ3n) is 5.46. The first-order valence-electron chi connectivity index (χ1n) is 10.8. The number of benzene rings is 2. The molecule has 0 bridgehead atoms. The first-order chi connectivity index (χ1) is 14.9. The van der Waals surface area contributed by atoms with Gasteiger partial charge in [0, 0.05) is 6.54 Å². The number of cyclic esters (lactones) is 1. The quantitative estimate of drug-likeness (QED) is 0.528. The van der Waals surface area contributed by atoms with Gasteiger partial charge in [-0.25, -0.2) is 9.59 Å². The van der Waals surface area contributed by atoms with Crippen LogP contribution in [0, 0.1) is 0 Å². The van der Waals surface area contributed by atoms with Gasteiger partial charge in [0.25, 0.3) is 0 Å². The molecular formula is C25H31NO5. The van der Waals surface area contributed by atoms with Crippen LogP contribution in [0.4, 0.5) is 4.79 Å². The molecule has 166 valence electrons. The van der Waals surface area contributed by atoms with Gasteiger partial charge in [-0.05, 0) is 63.3 Å². The summed E-state index contributed by atoms with van der Waals surface area (Å²) in [5.41, 5.74) is 1.75. The fourth-order valence-electron chi connectivity index (χ4n) is 3.88. The predicted molar refractivity (Wildman–Crippen MR) is 118 cm³/mol. The van der Waals surface area contributed by atoms with Gasteiger partial charge in [-0.3, -0.25) is 0 Å². The summed E-state index contributed by atoms with van der Waals surface area (Å²) in [6.45, 7) is 6.57. The number of carbonyl (C=O) groups is 2. The molecule has 1 amide bonds. The van der Waals surface area contributed by atoms with Crippen molar-refractivity contribution in [3.05, 3.63) is 65.7 Å². The summed E-state index contributed by atoms with van der Waals surface area (Å²) < 4.78 is 16.1. The predicted octanol–water partition coefficient (Wildman–Crippen LogP) is 4.40. The smallest absolute Gasteiger partial charge is 0.410 e. The van der Waals surface area contributed by atoms with Gasteiger partial charge in [0.05, 0.1) is 12.6 Å². The van der Waals surface area contributed by atoms with Gasteiger partial charge in [-0.2, -0.15) is 0 Å². The minimum absolute atomic E-state index is 0.0124. The van der Waals surface area contributed by atoms with Crippen LogP contribution in [0.2, 0.25) is 0 Å². The zero-order chi connectivity index (χ0) is 22.3. The van der Waals surface area contributed by atoms with E-state index in [0.717, 1.165) is 24.8 Å². The molecule has 1 saturated heterocycles. The molecule has 1 atom stereocenters. The number of hydrogen-bond donors (Lipinski definition) is 0. The Morgan fingerprint density at radius 1 is 1.10 bits per heavy atom. The van der Waals surface area contributed by atoms with Crippen molar-refractivity contribution < 1.29 is 23.8 Å². The topological polar surface area (TPSA) is 65.1 Å². The number of nitrogens with zero attached hydrogens (tertiary/aromatic N) is 1. The van der Waals surface area contributed by atoms with Gasteiger partial charge in [-0.1, -0.05) is 42.5 Å². The minimum atomic E-state index is -0.534. The first kappa shape index (κ1) is 22.7. The van der Waals surface area contributed by atoms with Gasteiger partial charge >= 0.3 is 12.1 Å². The van der Waals surface area contributed by atoms with Crippen molar-refractivity contribution >= 4 is 12.1 Å². The monoisotopic (exact) mass is 425 g/mol. The SMILES string of the molecule is CCOC(=O)COc1cccc(CCCN2C(=O)OC(C)(C)[C@H]2Cc2ccccc2)c1. The molecule has 1 aliphatic heterocycles. The maximum absolute atomic E-state index is 12.5. The molecule has 0 aromatic heterocycles. The Labute approximate surface area is 184 Å². The van der Waals surface area contributed by atoms with Gasteiger partial charge in [0.2, 0.25) is 0 Å². The van der Waals surface area contributed by atoms with E-state index in [0.29, 0.717) is 18.9 Å². The average Bonchev–Trinajstić information content (AvgIpc) is 2.96. The van der Waals surface area contributed by atoms with Crippen LogP contribution in [0.25, 0.3) is 0 Å². The van der Waals surface area contributed by atoms with Crippen LogP contribution in [0.15, 0.2) is 54.6 Å². The van der Waals surface area contributed by atoms with Crippen molar-refractivity contribution in [2.24, 2.45) is 0 Å². The standard InChI is InChI=1S/C25H31NO5/c1-4-29-23(27)18-30-21-14-8-12-19(16-21)13-9-15-26-22(25(2,3)31-24(26)28)17-20-10-6-5-7-11-20/h5-8,10-12,14,16,22H,4,9,13,15,17-18H2,1-3H3/t22-/m1/s1. The van der Waals surface area contributed by atoms with E-state index in [1.807, 2.05) is 61.2 Å². The van der Waals surface area contributed by atoms with Crippen molar-refractivity contribution in [2.75, 3.05) is 19.8 Å². The van der Waals surface area contributed by atoms with E-state index < -0.39 is 5.60 Å². The summed E-state index contributed by atoms with van der Waals surface area (Å²) in [4.78, 5) is 25.9. The van der Waals surface area contributed by atoms with Crippen LogP contribution < -0.4 is 4.74 Å². The van der Waals surface area contributed by atoms with Gasteiger partial charge in [-0.15, -0.1) is 0 Å². The molecule has 1 fully saturated rings. The van der Waals surface area contributed by atoms with Crippen molar-refractivity contribution in [3.8, 4) is 5.75 Å². The van der Waals surface area contributed by atoms with Crippen LogP contribution in [-0.2, 0) is 27.1 Å². The molecule has 0 saturated carbocycles. The van der Waals surface area contributed by atoms with Crippen LogP contribution in [0.1, 0.15) is 38.3 Å². The summed E-state index contributed by atoms with van der Waals surface area (Å²) in [5.74, 6) is 0.252. The second-order valence-corrected chi connectivity index (χ2v) is 8.21. The molecule has 31 heavy (non-hydrogen) atoms. The fraction of sp³-hybridized carbons (Fsp3) is 0.440. The Bertz CT molecular complexity index is 880. The summed E-state index contributed by atoms with van der Waals surface area (Å²) >= 11 is 0. The highest BCUT2D eigenvalue weighted by Crippen LogP contribution is 2.32. The lowest BCUT2D eigenvalue weighted by atomic mass is 9.92. The minimum Gasteiger partial charge on any atom is -0.482 e. The van der Waals surface area contributed by atoms with E-state index in [4.69, 9.17) is 14.2 Å². The van der Waals surface area contributed by atoms with E-state index in [1.165, 1.54) is 5.56 Å². The van der Waals surface area contributed by atoms with Crippen LogP contribution >= 0.6 is 0 Å². The van der Waals surface area contributed by atoms with E-state index in [1.54, 1.807) is 6.92 Å². The molecular weight excluding hydrogens is 394 g/mol. The number of amides is 1. The number of esters is 1. The van der Waals surface area contributed by atoms with E-state index >= 15 is 0 Å². The molecule has 1 heterocycles. The van der Waals surface area contributed by atoms with Gasteiger partial charge in [0.1, 0.15) is 11.4 Å². The number of rotatable bonds is 10. The summed E-state index contributed by atoms with van der Waals surface area (Å²) in [6, 6.07) is 17.8. The average molecular weight is 426 g/mol. The molecule has 0 aliphatic carbocycles. The maximum Gasteiger partial charge on any atom is 0.410 e. The molecule has 2 aromatic carbocycles. The van der Waals surface area contributed by atoms with Crippen LogP contribution in [-0.4, -0.2) is 48.4 Å². The third-order valence-corrected chi connectivity index (χ3v) is 5.46. The molecule has 6 nitrogen and oxygen atoms in total. The molecule has 6 heteroatoms. The maximum atomic E-state index is 12.5. The van der Waals surface area contributed by atoms with Crippen LogP contribution in [0.5, 0.6) is 5.75 Å². The Kier molecular flexibility index (Phi) is 7.55. The summed E-state index contributed by atoms with van der Waals surface area (Å²) in [7, 11) is 0. The molecule has 0 radical (unpaired) electrons. The van der Waals surface area contributed by atoms with Crippen molar-refractivity contribution in [2.45, 2.75) is 51.7 Å². The van der Waals surface area contributed by atoms with E-state index in [2.05, 4.69) is 12.1 Å². The lowest BCUT2D eigenvalue weighted by molar-refractivity contribution is -0.145. The molecule has 0 unspecified atom stereocenters. The molecule has 1 aliphatic rings. The number of carbonyl (C=O) groups excluding carboxylic acids is 2. The highest BCUT2D eigenvalue weighted by Gasteiger charge is 2.47. The number of aryl methyl sites for hydroxylation is 1. The Hall–Kier alpha value is -3.02. The van der Waals surface area contributed by atoms with Crippen molar-refractivity contribution in [1.29, 1.82) is 0 Å². The number of hydrogen-bond acceptors (Lipinski definition) is 5. The highest BCUT2D eigenvalue weighted by atomic mass is 16.6. The van der Waals surface area contributed by atoms with E-state index in [-0.39, 0.29) is 24.7 Å². The Balaban J connectivity index is 1.56. The van der Waals surface area contributed by atoms with Crippen molar-refractivity contribution in [1.82, 2.24) is 4.90 Å². The molecule has 0 N–H and O–H groups in total. The van der Waals surface area contributed by atoms with Gasteiger partial charge < -0.3 is 19.1 Å². The molecule has 2 aromatic rings. The molecule has 3 rings (SSSR count). The Morgan fingerprint density at radius 2 is 1.84 bits per heavy atom. The van der Waals surface area contributed by atoms with Gasteiger partial charge in [0.15, 0.2) is 6.61 Å². The van der Waals surface area contributed by atoms with Crippen molar-refractivity contribution in [3.63, 3.8) is 0 Å². The van der Waals surface area contributed by atoms with E-state index in [9.17, 15) is 9.59 Å². The summed E-state index contributed by atoms with van der Waals surface area (Å²) in [5, 5.41) is 0. The van der Waals surface area contributed by atoms with Crippen LogP contribution in [0.3, 0.4) is 0 Å². The Morgan fingerprint density at radius 3 is 2.58 bits per heavy atom. The second-order valence-electron chi connectivity index (χ2n) is 8.21. The second kappa shape index (κ2) is 10.3. The summed E-state index contributed by atoms with van der Waals surface area (Å²) in [6.07, 6.45) is 2.10. The third kappa shape index (κ3) is 6.23. The molecule has 0 spiro atoms. The lowest BCUT2D eigenvalue weighted by Gasteiger charge is -2.29. The zero-order valence-electron chi connectivity index (χ0n) is 18.5. The normalized spacial score (nSPS) is 17.3. The largest absolute Gasteiger partial charge is 0.482 e. The zero-order valence-corrected chi connectivity index (χ0v) is 18.5. The fourth-order valence-corrected chi connectivity index (χ4v) is 3.88. The lowest BCUT2D eigenvalue weighted by Crippen LogP contribution is -2.43. The highest BCUT2D eigenvalue weighted by molar-refractivity contribution is 5.71.